The van der Waals surface area contributed by atoms with Crippen LogP contribution in [0.15, 0.2) is 46.1 Å². The van der Waals surface area contributed by atoms with E-state index in [4.69, 9.17) is 4.74 Å². The van der Waals surface area contributed by atoms with Gasteiger partial charge >= 0.3 is 270 Å². The van der Waals surface area contributed by atoms with Gasteiger partial charge in [-0.2, -0.15) is 0 Å². The van der Waals surface area contributed by atoms with E-state index in [1.165, 1.54) is 36.0 Å². The molecular weight excluding hydrogens is 604 g/mol. The molecule has 2 aromatic rings. The molecule has 0 fully saturated rings. The molecule has 1 atom stereocenters. The summed E-state index contributed by atoms with van der Waals surface area (Å²) >= 11 is -0.756. The fraction of sp³-hybridized carbons (Fsp3) is 0.538. The molecule has 3 aliphatic carbocycles. The number of ether oxygens (including phenoxy) is 1. The van der Waals surface area contributed by atoms with Crippen LogP contribution in [0.2, 0.25) is 18.6 Å². The minimum atomic E-state index is -1.46. The number of allylic oxidation sites excluding steroid dienone is 5. The number of fused-ring (bicyclic) bond motifs is 2. The maximum absolute atomic E-state index is 6.17. The summed E-state index contributed by atoms with van der Waals surface area (Å²) in [5.41, 5.74) is 20.9. The van der Waals surface area contributed by atoms with Crippen LogP contribution in [0.1, 0.15) is 120 Å². The summed E-state index contributed by atoms with van der Waals surface area (Å²) in [7, 11) is 1.85. The van der Waals surface area contributed by atoms with Crippen molar-refractivity contribution >= 4 is 11.3 Å². The summed E-state index contributed by atoms with van der Waals surface area (Å²) < 4.78 is 6.86. The summed E-state index contributed by atoms with van der Waals surface area (Å²) in [5.74, 6) is 1.07. The van der Waals surface area contributed by atoms with Crippen molar-refractivity contribution < 1.29 is 27.1 Å². The second kappa shape index (κ2) is 10.9. The molecule has 0 saturated carbocycles. The molecule has 3 heteroatoms. The molecule has 0 radical (unpaired) electrons. The molecule has 0 aliphatic heterocycles. The summed E-state index contributed by atoms with van der Waals surface area (Å²) in [5, 5.41) is -1.46. The van der Waals surface area contributed by atoms with Crippen LogP contribution < -0.4 is 4.74 Å². The van der Waals surface area contributed by atoms with Gasteiger partial charge in [0.1, 0.15) is 0 Å². The number of rotatable bonds is 5. The van der Waals surface area contributed by atoms with Crippen molar-refractivity contribution in [3.8, 4) is 16.9 Å². The minimum absolute atomic E-state index is 0.00481. The molecule has 42 heavy (non-hydrogen) atoms. The zero-order valence-electron chi connectivity index (χ0n) is 29.0. The van der Waals surface area contributed by atoms with Gasteiger partial charge in [-0.3, -0.25) is 0 Å². The van der Waals surface area contributed by atoms with Gasteiger partial charge in [0.15, 0.2) is 0 Å². The van der Waals surface area contributed by atoms with Crippen molar-refractivity contribution in [1.29, 1.82) is 0 Å². The summed E-state index contributed by atoms with van der Waals surface area (Å²) in [6, 6.07) is 7.66. The van der Waals surface area contributed by atoms with E-state index in [1.807, 2.05) is 7.11 Å². The first-order valence-corrected chi connectivity index (χ1v) is 24.3. The van der Waals surface area contributed by atoms with Gasteiger partial charge in [0, 0.05) is 0 Å². The van der Waals surface area contributed by atoms with E-state index in [2.05, 4.69) is 114 Å². The summed E-state index contributed by atoms with van der Waals surface area (Å²) in [6.45, 7) is 31.5. The molecule has 0 spiro atoms. The Morgan fingerprint density at radius 3 is 1.86 bits per heavy atom. The van der Waals surface area contributed by atoms with E-state index in [0.717, 1.165) is 11.3 Å². The first-order chi connectivity index (χ1) is 19.4. The average molecular weight is 658 g/mol. The molecular formula is C39H54OSiZr. The SMILES string of the molecule is COc1c(C(C)(C)C)cc(-c2c3c(cc4c2CCC4)[CH]([Zr][Si](C)(C)C2C(C)=C(C)C(C)=C2C)C(C)=C3)cc1C(C)(C)C. The van der Waals surface area contributed by atoms with Gasteiger partial charge in [-0.15, -0.1) is 0 Å². The second-order valence-corrected chi connectivity index (χ2v) is 33.4. The number of hydrogen-bond acceptors (Lipinski definition) is 1. The average Bonchev–Trinajstić information content (AvgIpc) is 3.53. The number of methoxy groups -OCH3 is 1. The molecule has 0 bridgehead atoms. The Morgan fingerprint density at radius 1 is 0.810 bits per heavy atom. The third kappa shape index (κ3) is 5.27. The molecule has 224 valence electrons. The van der Waals surface area contributed by atoms with Crippen LogP contribution in [0, 0.1) is 0 Å². The van der Waals surface area contributed by atoms with Gasteiger partial charge in [-0.05, 0) is 0 Å². The van der Waals surface area contributed by atoms with Crippen LogP contribution >= 0.6 is 0 Å². The van der Waals surface area contributed by atoms with Crippen molar-refractivity contribution in [2.24, 2.45) is 0 Å². The van der Waals surface area contributed by atoms with Crippen LogP contribution in [0.4, 0.5) is 0 Å². The topological polar surface area (TPSA) is 9.23 Å². The van der Waals surface area contributed by atoms with Crippen LogP contribution in [-0.2, 0) is 46.1 Å². The summed E-state index contributed by atoms with van der Waals surface area (Å²) in [4.78, 5) is 0. The second-order valence-electron chi connectivity index (χ2n) is 16.1. The summed E-state index contributed by atoms with van der Waals surface area (Å²) in [6.07, 6.45) is 6.33. The Kier molecular flexibility index (Phi) is 8.27. The van der Waals surface area contributed by atoms with Gasteiger partial charge in [0.2, 0.25) is 0 Å². The van der Waals surface area contributed by atoms with Gasteiger partial charge in [0.25, 0.3) is 0 Å². The Balaban J connectivity index is 1.70. The molecule has 0 N–H and O–H groups in total. The first kappa shape index (κ1) is 32.0. The van der Waals surface area contributed by atoms with E-state index in [1.54, 1.807) is 55.7 Å². The molecule has 5 rings (SSSR count). The zero-order chi connectivity index (χ0) is 31.1. The van der Waals surface area contributed by atoms with Gasteiger partial charge < -0.3 is 0 Å². The van der Waals surface area contributed by atoms with E-state index < -0.39 is 27.6 Å². The third-order valence-electron chi connectivity index (χ3n) is 10.7. The molecule has 0 heterocycles. The molecule has 1 nitrogen and oxygen atoms in total. The number of hydrogen-bond donors (Lipinski definition) is 0. The van der Waals surface area contributed by atoms with Crippen molar-refractivity contribution in [2.75, 3.05) is 7.11 Å². The fourth-order valence-corrected chi connectivity index (χ4v) is 25.7. The van der Waals surface area contributed by atoms with Crippen molar-refractivity contribution in [3.63, 3.8) is 0 Å². The van der Waals surface area contributed by atoms with Crippen molar-refractivity contribution in [1.82, 2.24) is 0 Å². The van der Waals surface area contributed by atoms with E-state index in [9.17, 15) is 0 Å². The Bertz CT molecular complexity index is 1490. The monoisotopic (exact) mass is 656 g/mol. The Labute approximate surface area is 268 Å². The van der Waals surface area contributed by atoms with Gasteiger partial charge in [-0.25, -0.2) is 0 Å². The van der Waals surface area contributed by atoms with E-state index >= 15 is 0 Å². The number of aryl methyl sites for hydroxylation is 1. The molecule has 1 unspecified atom stereocenters. The predicted molar refractivity (Wildman–Crippen MR) is 182 cm³/mol. The molecule has 0 aromatic heterocycles. The van der Waals surface area contributed by atoms with Crippen LogP contribution in [0.5, 0.6) is 5.75 Å². The standard InChI is InChI=1S/C28H35O.C11H19Si.Zr/c1-17-12-19-14-18-10-9-11-21(18)25(22(19)13-17)20-15-23(27(2,3)4)26(29-8)24(16-20)28(5,6)7;1-7-8(2)10(4)11(9(7)3)12(5)6;/h12-16H,9-11H2,1-8H3;11H,1-6H3;. The molecule has 0 amide bonds. The quantitative estimate of drug-likeness (QED) is 0.291. The Morgan fingerprint density at radius 2 is 1.36 bits per heavy atom. The van der Waals surface area contributed by atoms with Crippen molar-refractivity contribution in [2.45, 2.75) is 129 Å². The van der Waals surface area contributed by atoms with E-state index in [-0.39, 0.29) is 10.8 Å². The number of benzene rings is 2. The Hall–Kier alpha value is -1.44. The maximum atomic E-state index is 6.17. The van der Waals surface area contributed by atoms with Crippen LogP contribution in [0.25, 0.3) is 17.2 Å². The van der Waals surface area contributed by atoms with Crippen molar-refractivity contribution in [3.05, 3.63) is 79.4 Å². The zero-order valence-corrected chi connectivity index (χ0v) is 32.5. The third-order valence-corrected chi connectivity index (χ3v) is 25.6. The normalized spacial score (nSPS) is 19.5. The fourth-order valence-electron chi connectivity index (χ4n) is 8.25. The molecule has 2 aromatic carbocycles. The van der Waals surface area contributed by atoms with Gasteiger partial charge in [0.05, 0.1) is 0 Å². The first-order valence-electron chi connectivity index (χ1n) is 16.1. The molecule has 3 aliphatic rings. The molecule has 0 saturated heterocycles. The predicted octanol–water partition coefficient (Wildman–Crippen LogP) is 11.2. The van der Waals surface area contributed by atoms with E-state index in [0.29, 0.717) is 3.63 Å². The van der Waals surface area contributed by atoms with Crippen LogP contribution in [0.3, 0.4) is 0 Å². The van der Waals surface area contributed by atoms with Gasteiger partial charge in [-0.1, -0.05) is 0 Å². The van der Waals surface area contributed by atoms with Crippen LogP contribution in [-0.4, -0.2) is 12.3 Å².